The van der Waals surface area contributed by atoms with Gasteiger partial charge in [-0.25, -0.2) is 9.97 Å². The van der Waals surface area contributed by atoms with Crippen LogP contribution in [0.2, 0.25) is 5.15 Å². The zero-order valence-corrected chi connectivity index (χ0v) is 20.8. The second-order valence-electron chi connectivity index (χ2n) is 9.71. The van der Waals surface area contributed by atoms with Gasteiger partial charge in [-0.05, 0) is 58.0 Å². The Balaban J connectivity index is 1.41. The molecule has 0 saturated carbocycles. The van der Waals surface area contributed by atoms with Gasteiger partial charge in [0, 0.05) is 56.7 Å². The number of nitrogens with two attached hydrogens (primary N) is 1. The molecule has 3 heterocycles. The third kappa shape index (κ3) is 5.60. The van der Waals surface area contributed by atoms with Crippen molar-refractivity contribution < 1.29 is 9.90 Å². The highest BCUT2D eigenvalue weighted by atomic mass is 35.5. The first-order valence-electron chi connectivity index (χ1n) is 11.8. The number of nitrogens with zero attached hydrogens (tertiary/aromatic N) is 5. The van der Waals surface area contributed by atoms with E-state index < -0.39 is 11.5 Å². The summed E-state index contributed by atoms with van der Waals surface area (Å²) in [5.41, 5.74) is 6.08. The average molecular weight is 488 g/mol. The molecule has 1 aromatic heterocycles. The van der Waals surface area contributed by atoms with E-state index in [1.165, 1.54) is 45.5 Å². The number of anilines is 3. The molecule has 4 N–H and O–H groups in total. The lowest BCUT2D eigenvalue weighted by Crippen LogP contribution is -2.52. The SMILES string of the molecule is CN1CCN(C2CCN(c3ccc(Nc4nc(Cl)c(C(C)(C)O)nc4C(N)=O)cc3)CC2)CC1. The topological polar surface area (TPSA) is 111 Å². The van der Waals surface area contributed by atoms with E-state index in [2.05, 4.69) is 49.2 Å². The van der Waals surface area contributed by atoms with Crippen LogP contribution in [-0.2, 0) is 5.60 Å². The van der Waals surface area contributed by atoms with Gasteiger partial charge in [0.05, 0.1) is 0 Å². The molecule has 4 rings (SSSR count). The van der Waals surface area contributed by atoms with E-state index in [0.29, 0.717) is 6.04 Å². The zero-order valence-electron chi connectivity index (χ0n) is 20.1. The summed E-state index contributed by atoms with van der Waals surface area (Å²) in [7, 11) is 2.19. The van der Waals surface area contributed by atoms with Crippen molar-refractivity contribution in [1.29, 1.82) is 0 Å². The lowest BCUT2D eigenvalue weighted by atomic mass is 10.0. The van der Waals surface area contributed by atoms with E-state index in [0.717, 1.165) is 31.9 Å². The highest BCUT2D eigenvalue weighted by molar-refractivity contribution is 6.30. The van der Waals surface area contributed by atoms with E-state index in [1.54, 1.807) is 0 Å². The van der Waals surface area contributed by atoms with Gasteiger partial charge in [0.25, 0.3) is 5.91 Å². The van der Waals surface area contributed by atoms with E-state index in [1.807, 2.05) is 12.1 Å². The number of nitrogens with one attached hydrogen (secondary N) is 1. The number of hydrogen-bond donors (Lipinski definition) is 3. The molecule has 1 amide bonds. The number of benzene rings is 1. The van der Waals surface area contributed by atoms with Gasteiger partial charge in [-0.3, -0.25) is 9.69 Å². The Morgan fingerprint density at radius 1 is 1.09 bits per heavy atom. The fraction of sp³-hybridized carbons (Fsp3) is 0.542. The van der Waals surface area contributed by atoms with Gasteiger partial charge >= 0.3 is 0 Å². The maximum Gasteiger partial charge on any atom is 0.271 e. The standard InChI is InChI=1S/C24H34ClN7O2/c1-24(2,34)20-21(25)29-23(19(28-20)22(26)33)27-16-4-6-17(7-5-16)31-10-8-18(9-11-31)32-14-12-30(3)13-15-32/h4-7,18,34H,8-15H2,1-3H3,(H2,26,33)(H,27,29). The van der Waals surface area contributed by atoms with Crippen molar-refractivity contribution in [2.75, 3.05) is 56.5 Å². The average Bonchev–Trinajstić information content (AvgIpc) is 2.79. The number of aromatic nitrogens is 2. The highest BCUT2D eigenvalue weighted by Crippen LogP contribution is 2.29. The summed E-state index contributed by atoms with van der Waals surface area (Å²) < 4.78 is 0. The summed E-state index contributed by atoms with van der Waals surface area (Å²) in [5, 5.41) is 13.3. The molecule has 34 heavy (non-hydrogen) atoms. The molecular formula is C24H34ClN7O2. The molecule has 2 aliphatic heterocycles. The largest absolute Gasteiger partial charge is 0.384 e. The Hall–Kier alpha value is -2.46. The van der Waals surface area contributed by atoms with Crippen LogP contribution in [0.15, 0.2) is 24.3 Å². The van der Waals surface area contributed by atoms with Crippen LogP contribution >= 0.6 is 11.6 Å². The van der Waals surface area contributed by atoms with Crippen molar-refractivity contribution in [3.63, 3.8) is 0 Å². The number of aliphatic hydroxyl groups is 1. The maximum absolute atomic E-state index is 12.0. The van der Waals surface area contributed by atoms with Crippen LogP contribution in [-0.4, -0.2) is 83.1 Å². The smallest absolute Gasteiger partial charge is 0.271 e. The normalized spacial score (nSPS) is 18.8. The maximum atomic E-state index is 12.0. The number of carbonyl (C=O) groups excluding carboxylic acids is 1. The van der Waals surface area contributed by atoms with E-state index in [4.69, 9.17) is 17.3 Å². The van der Waals surface area contributed by atoms with Gasteiger partial charge in [0.1, 0.15) is 11.3 Å². The third-order valence-electron chi connectivity index (χ3n) is 6.68. The van der Waals surface area contributed by atoms with Crippen LogP contribution in [0.1, 0.15) is 42.9 Å². The van der Waals surface area contributed by atoms with Crippen LogP contribution in [0.4, 0.5) is 17.2 Å². The fourth-order valence-electron chi connectivity index (χ4n) is 4.63. The number of primary amides is 1. The van der Waals surface area contributed by atoms with E-state index in [-0.39, 0.29) is 22.4 Å². The van der Waals surface area contributed by atoms with Crippen LogP contribution < -0.4 is 16.0 Å². The van der Waals surface area contributed by atoms with Crippen LogP contribution in [0.5, 0.6) is 0 Å². The number of halogens is 1. The van der Waals surface area contributed by atoms with Crippen LogP contribution in [0.25, 0.3) is 0 Å². The third-order valence-corrected chi connectivity index (χ3v) is 6.94. The molecular weight excluding hydrogens is 454 g/mol. The Kier molecular flexibility index (Phi) is 7.28. The number of hydrogen-bond acceptors (Lipinski definition) is 8. The van der Waals surface area contributed by atoms with E-state index >= 15 is 0 Å². The van der Waals surface area contributed by atoms with Gasteiger partial charge in [0.2, 0.25) is 0 Å². The van der Waals surface area contributed by atoms with Gasteiger partial charge < -0.3 is 26.0 Å². The number of amides is 1. The minimum absolute atomic E-state index is 0.0137. The minimum atomic E-state index is -1.35. The minimum Gasteiger partial charge on any atom is -0.384 e. The van der Waals surface area contributed by atoms with Crippen molar-refractivity contribution in [2.45, 2.75) is 38.3 Å². The fourth-order valence-corrected chi connectivity index (χ4v) is 4.99. The molecule has 0 bridgehead atoms. The molecule has 0 aliphatic carbocycles. The number of rotatable bonds is 6. The predicted octanol–water partition coefficient (Wildman–Crippen LogP) is 2.42. The quantitative estimate of drug-likeness (QED) is 0.569. The molecule has 2 aliphatic rings. The molecule has 0 spiro atoms. The highest BCUT2D eigenvalue weighted by Gasteiger charge is 2.28. The molecule has 0 unspecified atom stereocenters. The Morgan fingerprint density at radius 2 is 1.71 bits per heavy atom. The second-order valence-corrected chi connectivity index (χ2v) is 10.1. The Bertz CT molecular complexity index is 1010. The number of piperazine rings is 1. The zero-order chi connectivity index (χ0) is 24.5. The summed E-state index contributed by atoms with van der Waals surface area (Å²) >= 11 is 6.22. The van der Waals surface area contributed by atoms with Crippen molar-refractivity contribution in [2.24, 2.45) is 5.73 Å². The summed E-state index contributed by atoms with van der Waals surface area (Å²) in [4.78, 5) is 27.8. The molecule has 184 valence electrons. The summed E-state index contributed by atoms with van der Waals surface area (Å²) in [6, 6.07) is 8.66. The van der Waals surface area contributed by atoms with Gasteiger partial charge in [-0.1, -0.05) is 11.6 Å². The first-order chi connectivity index (χ1) is 16.1. The predicted molar refractivity (Wildman–Crippen MR) is 135 cm³/mol. The molecule has 9 nitrogen and oxygen atoms in total. The number of piperidine rings is 1. The van der Waals surface area contributed by atoms with Gasteiger partial charge in [-0.2, -0.15) is 0 Å². The molecule has 2 saturated heterocycles. The Morgan fingerprint density at radius 3 is 2.26 bits per heavy atom. The Labute approximate surface area is 205 Å². The van der Waals surface area contributed by atoms with E-state index in [9.17, 15) is 9.90 Å². The van der Waals surface area contributed by atoms with Crippen molar-refractivity contribution >= 4 is 34.7 Å². The monoisotopic (exact) mass is 487 g/mol. The van der Waals surface area contributed by atoms with Crippen LogP contribution in [0, 0.1) is 0 Å². The summed E-state index contributed by atoms with van der Waals surface area (Å²) in [6.45, 7) is 9.76. The van der Waals surface area contributed by atoms with Gasteiger partial charge in [0.15, 0.2) is 16.7 Å². The molecule has 10 heteroatoms. The number of carbonyl (C=O) groups is 1. The molecule has 0 radical (unpaired) electrons. The lowest BCUT2D eigenvalue weighted by molar-refractivity contribution is 0.0732. The first kappa shape index (κ1) is 24.7. The second kappa shape index (κ2) is 10.0. The molecule has 2 aromatic rings. The first-order valence-corrected chi connectivity index (χ1v) is 12.1. The molecule has 2 fully saturated rings. The molecule has 0 atom stereocenters. The van der Waals surface area contributed by atoms with Crippen molar-refractivity contribution in [1.82, 2.24) is 19.8 Å². The lowest BCUT2D eigenvalue weighted by Gasteiger charge is -2.42. The van der Waals surface area contributed by atoms with Crippen LogP contribution in [0.3, 0.4) is 0 Å². The van der Waals surface area contributed by atoms with Crippen molar-refractivity contribution in [3.05, 3.63) is 40.8 Å². The summed E-state index contributed by atoms with van der Waals surface area (Å²) in [6.07, 6.45) is 2.35. The summed E-state index contributed by atoms with van der Waals surface area (Å²) in [5.74, 6) is -0.594. The van der Waals surface area contributed by atoms with Crippen molar-refractivity contribution in [3.8, 4) is 0 Å². The van der Waals surface area contributed by atoms with Gasteiger partial charge in [-0.15, -0.1) is 0 Å². The molecule has 1 aromatic carbocycles. The number of likely N-dealkylation sites (N-methyl/N-ethyl adjacent to an activating group) is 1.